The van der Waals surface area contributed by atoms with Crippen LogP contribution in [0.25, 0.3) is 32.5 Å². The third kappa shape index (κ3) is 4.53. The van der Waals surface area contributed by atoms with Crippen LogP contribution in [-0.4, -0.2) is 33.4 Å². The van der Waals surface area contributed by atoms with E-state index in [0.717, 1.165) is 39.9 Å². The molecule has 0 radical (unpaired) electrons. The molecule has 8 nitrogen and oxygen atoms in total. The summed E-state index contributed by atoms with van der Waals surface area (Å²) in [4.78, 5) is 27.6. The van der Waals surface area contributed by atoms with Gasteiger partial charge >= 0.3 is 5.97 Å². The van der Waals surface area contributed by atoms with Crippen molar-refractivity contribution in [3.63, 3.8) is 0 Å². The Bertz CT molecular complexity index is 1750. The van der Waals surface area contributed by atoms with Crippen LogP contribution in [0.15, 0.2) is 66.2 Å². The molecule has 5 aromatic rings. The zero-order chi connectivity index (χ0) is 27.8. The lowest BCUT2D eigenvalue weighted by Crippen LogP contribution is -2.15. The number of hydrogen-bond donors (Lipinski definition) is 3. The first-order valence-corrected chi connectivity index (χ1v) is 14.1. The molecule has 2 aromatic heterocycles. The second-order valence-corrected chi connectivity index (χ2v) is 10.6. The van der Waals surface area contributed by atoms with E-state index >= 15 is 0 Å². The lowest BCUT2D eigenvalue weighted by atomic mass is 9.90. The van der Waals surface area contributed by atoms with Crippen LogP contribution < -0.4 is 15.8 Å². The number of thiophene rings is 1. The molecule has 0 bridgehead atoms. The predicted octanol–water partition coefficient (Wildman–Crippen LogP) is 6.19. The number of nitrogens with one attached hydrogen (secondary N) is 1. The molecule has 40 heavy (non-hydrogen) atoms. The number of nitrogens with two attached hydrogens (primary N) is 1. The lowest BCUT2D eigenvalue weighted by Gasteiger charge is -2.17. The summed E-state index contributed by atoms with van der Waals surface area (Å²) in [5.74, 6) is -0.811. The minimum atomic E-state index is -1.09. The van der Waals surface area contributed by atoms with Gasteiger partial charge in [0.05, 0.1) is 23.9 Å². The maximum atomic E-state index is 13.9. The maximum absolute atomic E-state index is 13.9. The molecule has 0 aliphatic carbocycles. The van der Waals surface area contributed by atoms with Gasteiger partial charge in [-0.2, -0.15) is 5.10 Å². The fourth-order valence-electron chi connectivity index (χ4n) is 5.25. The highest BCUT2D eigenvalue weighted by Gasteiger charge is 2.26. The summed E-state index contributed by atoms with van der Waals surface area (Å²) in [5, 5.41) is 20.4. The summed E-state index contributed by atoms with van der Waals surface area (Å²) < 4.78 is 7.96. The number of aromatic carboxylic acids is 1. The Hall–Kier alpha value is -4.47. The molecule has 202 valence electrons. The van der Waals surface area contributed by atoms with Crippen molar-refractivity contribution >= 4 is 39.8 Å². The molecule has 0 unspecified atom stereocenters. The van der Waals surface area contributed by atoms with Gasteiger partial charge in [0, 0.05) is 46.6 Å². The minimum absolute atomic E-state index is 0.103. The van der Waals surface area contributed by atoms with Crippen LogP contribution in [0.1, 0.15) is 45.2 Å². The topological polar surface area (TPSA) is 119 Å². The summed E-state index contributed by atoms with van der Waals surface area (Å²) in [6, 6.07) is 16.7. The molecule has 0 atom stereocenters. The normalized spacial score (nSPS) is 12.3. The molecule has 0 saturated carbocycles. The van der Waals surface area contributed by atoms with Gasteiger partial charge in [0.1, 0.15) is 5.75 Å². The van der Waals surface area contributed by atoms with Gasteiger partial charge in [-0.05, 0) is 70.5 Å². The third-order valence-electron chi connectivity index (χ3n) is 7.20. The van der Waals surface area contributed by atoms with Gasteiger partial charge in [0.2, 0.25) is 0 Å². The summed E-state index contributed by atoms with van der Waals surface area (Å²) >= 11 is 1.60. The largest absolute Gasteiger partial charge is 0.493 e. The number of carbonyl (C=O) groups is 2. The number of benzene rings is 3. The molecule has 4 N–H and O–H groups in total. The Morgan fingerprint density at radius 2 is 1.93 bits per heavy atom. The quantitative estimate of drug-likeness (QED) is 0.222. The Kier molecular flexibility index (Phi) is 6.83. The SMILES string of the molecule is CCCn1ncc2c(C(=O)O)c(-c3cc4c(cc3C(=O)Nc3ccc(CN)cc3)-c3sccc3CCO4)ccc21. The van der Waals surface area contributed by atoms with Crippen molar-refractivity contribution in [1.82, 2.24) is 9.78 Å². The van der Waals surface area contributed by atoms with Gasteiger partial charge in [-0.1, -0.05) is 25.1 Å². The Labute approximate surface area is 235 Å². The predicted molar refractivity (Wildman–Crippen MR) is 157 cm³/mol. The number of anilines is 1. The third-order valence-corrected chi connectivity index (χ3v) is 8.19. The van der Waals surface area contributed by atoms with Crippen LogP contribution in [-0.2, 0) is 19.5 Å². The lowest BCUT2D eigenvalue weighted by molar-refractivity contribution is 0.0699. The van der Waals surface area contributed by atoms with Crippen molar-refractivity contribution < 1.29 is 19.4 Å². The van der Waals surface area contributed by atoms with Crippen LogP contribution in [0.2, 0.25) is 0 Å². The van der Waals surface area contributed by atoms with E-state index in [1.54, 1.807) is 41.8 Å². The van der Waals surface area contributed by atoms with Crippen LogP contribution in [0.4, 0.5) is 5.69 Å². The highest BCUT2D eigenvalue weighted by molar-refractivity contribution is 7.13. The van der Waals surface area contributed by atoms with E-state index in [0.29, 0.717) is 53.2 Å². The number of carboxylic acid groups (broad SMARTS) is 1. The second-order valence-electron chi connectivity index (χ2n) is 9.72. The van der Waals surface area contributed by atoms with Crippen molar-refractivity contribution in [2.75, 3.05) is 11.9 Å². The Morgan fingerprint density at radius 1 is 1.10 bits per heavy atom. The second kappa shape index (κ2) is 10.6. The summed E-state index contributed by atoms with van der Waals surface area (Å²) in [6.07, 6.45) is 3.21. The molecule has 3 aromatic carbocycles. The van der Waals surface area contributed by atoms with Crippen molar-refractivity contribution in [1.29, 1.82) is 0 Å². The van der Waals surface area contributed by atoms with Gasteiger partial charge in [0.25, 0.3) is 5.91 Å². The highest BCUT2D eigenvalue weighted by atomic mass is 32.1. The van der Waals surface area contributed by atoms with Gasteiger partial charge in [-0.15, -0.1) is 11.3 Å². The van der Waals surface area contributed by atoms with Crippen LogP contribution >= 0.6 is 11.3 Å². The number of fused-ring (bicyclic) bond motifs is 4. The molecule has 0 spiro atoms. The number of nitrogens with zero attached hydrogens (tertiary/aromatic N) is 2. The van der Waals surface area contributed by atoms with E-state index in [-0.39, 0.29) is 11.5 Å². The van der Waals surface area contributed by atoms with Crippen molar-refractivity contribution in [2.45, 2.75) is 32.9 Å². The van der Waals surface area contributed by atoms with E-state index in [9.17, 15) is 14.7 Å². The van der Waals surface area contributed by atoms with E-state index in [1.807, 2.05) is 41.3 Å². The average Bonchev–Trinajstić information content (AvgIpc) is 3.56. The first kappa shape index (κ1) is 25.8. The first-order valence-electron chi connectivity index (χ1n) is 13.2. The van der Waals surface area contributed by atoms with Gasteiger partial charge in [-0.25, -0.2) is 4.79 Å². The molecule has 0 saturated heterocycles. The summed E-state index contributed by atoms with van der Waals surface area (Å²) in [5.41, 5.74) is 11.4. The molecule has 1 aliphatic rings. The van der Waals surface area contributed by atoms with Crippen molar-refractivity contribution in [3.05, 3.63) is 88.4 Å². The molecule has 6 rings (SSSR count). The Morgan fingerprint density at radius 3 is 2.67 bits per heavy atom. The monoisotopic (exact) mass is 552 g/mol. The zero-order valence-corrected chi connectivity index (χ0v) is 22.8. The van der Waals surface area contributed by atoms with Crippen molar-refractivity contribution in [2.24, 2.45) is 5.73 Å². The van der Waals surface area contributed by atoms with Crippen LogP contribution in [0.5, 0.6) is 5.75 Å². The summed E-state index contributed by atoms with van der Waals surface area (Å²) in [7, 11) is 0. The number of aryl methyl sites for hydroxylation is 1. The molecule has 1 aliphatic heterocycles. The number of ether oxygens (including phenoxy) is 1. The maximum Gasteiger partial charge on any atom is 0.337 e. The zero-order valence-electron chi connectivity index (χ0n) is 21.9. The molecule has 9 heteroatoms. The number of carbonyl (C=O) groups excluding carboxylic acids is 1. The van der Waals surface area contributed by atoms with E-state index < -0.39 is 5.97 Å². The van der Waals surface area contributed by atoms with Gasteiger partial charge in [-0.3, -0.25) is 9.48 Å². The summed E-state index contributed by atoms with van der Waals surface area (Å²) in [6.45, 7) is 3.61. The highest BCUT2D eigenvalue weighted by Crippen LogP contribution is 2.44. The molecule has 3 heterocycles. The number of amides is 1. The fraction of sp³-hybridized carbons (Fsp3) is 0.194. The molecular formula is C31H28N4O4S. The van der Waals surface area contributed by atoms with E-state index in [2.05, 4.69) is 16.5 Å². The molecule has 1 amide bonds. The van der Waals surface area contributed by atoms with Gasteiger partial charge in [0.15, 0.2) is 0 Å². The standard InChI is InChI=1S/C31H28N4O4S/c1-2-11-35-26-8-7-21(28(31(37)38)25(26)17-33-35)22-15-27-24(29-19(9-12-39-27)10-13-40-29)14-23(22)30(36)34-20-5-3-18(16-32)4-6-20/h3-8,10,13-15,17H,2,9,11-12,16,32H2,1H3,(H,34,36)(H,37,38). The van der Waals surface area contributed by atoms with Gasteiger partial charge < -0.3 is 20.9 Å². The minimum Gasteiger partial charge on any atom is -0.493 e. The number of carboxylic acids is 1. The number of aromatic nitrogens is 2. The van der Waals surface area contributed by atoms with E-state index in [4.69, 9.17) is 10.5 Å². The first-order chi connectivity index (χ1) is 19.5. The Balaban J connectivity index is 1.56. The number of hydrogen-bond acceptors (Lipinski definition) is 6. The van der Waals surface area contributed by atoms with Crippen molar-refractivity contribution in [3.8, 4) is 27.3 Å². The van der Waals surface area contributed by atoms with E-state index in [1.165, 1.54) is 0 Å². The smallest absolute Gasteiger partial charge is 0.337 e. The van der Waals surface area contributed by atoms with Crippen LogP contribution in [0.3, 0.4) is 0 Å². The molecular weight excluding hydrogens is 524 g/mol. The molecule has 0 fully saturated rings. The number of rotatable bonds is 7. The fourth-order valence-corrected chi connectivity index (χ4v) is 6.22. The van der Waals surface area contributed by atoms with Crippen LogP contribution in [0, 0.1) is 0 Å². The average molecular weight is 553 g/mol.